The number of rotatable bonds is 6. The highest BCUT2D eigenvalue weighted by Crippen LogP contribution is 2.17. The number of carbonyl (C=O) groups is 1. The summed E-state index contributed by atoms with van der Waals surface area (Å²) in [4.78, 5) is 17.5. The van der Waals surface area contributed by atoms with E-state index >= 15 is 0 Å². The van der Waals surface area contributed by atoms with Crippen LogP contribution in [0.1, 0.15) is 26.6 Å². The summed E-state index contributed by atoms with van der Waals surface area (Å²) in [6, 6.07) is 18.2. The minimum atomic E-state index is -0.181. The summed E-state index contributed by atoms with van der Waals surface area (Å²) in [6.07, 6.45) is 2.77. The number of hydrogen-bond donors (Lipinski definition) is 2. The molecule has 2 amide bonds. The average molecular weight is 351 g/mol. The fraction of sp³-hybridized carbons (Fsp3) is 0.200. The summed E-state index contributed by atoms with van der Waals surface area (Å²) in [5.41, 5.74) is 3.61. The first kappa shape index (κ1) is 17.2. The van der Waals surface area contributed by atoms with Gasteiger partial charge in [0, 0.05) is 24.0 Å². The summed E-state index contributed by atoms with van der Waals surface area (Å²) in [7, 11) is 0. The first-order valence-corrected chi connectivity index (χ1v) is 9.05. The van der Waals surface area contributed by atoms with Crippen molar-refractivity contribution >= 4 is 17.4 Å². The number of urea groups is 1. The molecule has 0 aliphatic rings. The summed E-state index contributed by atoms with van der Waals surface area (Å²) in [6.45, 7) is 3.05. The molecule has 1 aromatic heterocycles. The zero-order chi connectivity index (χ0) is 17.5. The van der Waals surface area contributed by atoms with E-state index in [1.165, 1.54) is 16.0 Å². The van der Waals surface area contributed by atoms with Gasteiger partial charge in [-0.15, -0.1) is 11.3 Å². The third kappa shape index (κ3) is 5.43. The monoisotopic (exact) mass is 351 g/mol. The van der Waals surface area contributed by atoms with Gasteiger partial charge in [0.25, 0.3) is 0 Å². The molecular weight excluding hydrogens is 330 g/mol. The molecule has 0 aliphatic carbocycles. The van der Waals surface area contributed by atoms with Crippen LogP contribution in [-0.4, -0.2) is 11.0 Å². The first-order valence-electron chi connectivity index (χ1n) is 8.24. The molecule has 0 saturated carbocycles. The third-order valence-corrected chi connectivity index (χ3v) is 4.79. The number of carbonyl (C=O) groups excluding carboxylic acids is 1. The Bertz CT molecular complexity index is 812. The smallest absolute Gasteiger partial charge is 0.315 e. The zero-order valence-electron chi connectivity index (χ0n) is 14.2. The highest BCUT2D eigenvalue weighted by atomic mass is 32.1. The molecule has 0 saturated heterocycles. The number of benzene rings is 2. The Hall–Kier alpha value is -2.66. The van der Waals surface area contributed by atoms with E-state index in [2.05, 4.69) is 46.8 Å². The minimum absolute atomic E-state index is 0.181. The van der Waals surface area contributed by atoms with Crippen LogP contribution in [0.2, 0.25) is 0 Å². The molecule has 2 aromatic carbocycles. The summed E-state index contributed by atoms with van der Waals surface area (Å²) < 4.78 is 0. The number of thiazole rings is 1. The lowest BCUT2D eigenvalue weighted by Gasteiger charge is -2.06. The lowest BCUT2D eigenvalue weighted by molar-refractivity contribution is 0.240. The fourth-order valence-corrected chi connectivity index (χ4v) is 3.31. The van der Waals surface area contributed by atoms with Crippen LogP contribution in [0.3, 0.4) is 0 Å². The van der Waals surface area contributed by atoms with E-state index in [1.807, 2.05) is 36.5 Å². The highest BCUT2D eigenvalue weighted by Gasteiger charge is 2.06. The van der Waals surface area contributed by atoms with Gasteiger partial charge in [-0.05, 0) is 18.1 Å². The maximum atomic E-state index is 11.9. The van der Waals surface area contributed by atoms with Gasteiger partial charge in [-0.25, -0.2) is 9.78 Å². The molecule has 0 radical (unpaired) electrons. The van der Waals surface area contributed by atoms with E-state index in [9.17, 15) is 4.79 Å². The molecule has 3 rings (SSSR count). The number of aryl methyl sites for hydroxylation is 1. The number of aromatic nitrogens is 1. The van der Waals surface area contributed by atoms with Crippen molar-refractivity contribution in [2.75, 3.05) is 0 Å². The third-order valence-electron chi connectivity index (χ3n) is 3.80. The molecule has 0 atom stereocenters. The molecule has 0 bridgehead atoms. The normalized spacial score (nSPS) is 10.4. The van der Waals surface area contributed by atoms with Gasteiger partial charge in [-0.2, -0.15) is 0 Å². The Morgan fingerprint density at radius 2 is 1.68 bits per heavy atom. The van der Waals surface area contributed by atoms with Crippen LogP contribution in [0.25, 0.3) is 0 Å². The standard InChI is InChI=1S/C20H21N3OS/c1-15-7-9-16(10-8-15)11-18-13-21-19(25-18)14-23-20(24)22-12-17-5-3-2-4-6-17/h2-10,13H,11-12,14H2,1H3,(H2,22,23,24). The molecule has 3 aromatic rings. The maximum absolute atomic E-state index is 11.9. The molecule has 25 heavy (non-hydrogen) atoms. The topological polar surface area (TPSA) is 54.0 Å². The quantitative estimate of drug-likeness (QED) is 0.704. The molecule has 2 N–H and O–H groups in total. The van der Waals surface area contributed by atoms with Crippen LogP contribution < -0.4 is 10.6 Å². The summed E-state index contributed by atoms with van der Waals surface area (Å²) in [5.74, 6) is 0. The van der Waals surface area contributed by atoms with Crippen LogP contribution in [0.4, 0.5) is 4.79 Å². The van der Waals surface area contributed by atoms with Crippen molar-refractivity contribution in [1.29, 1.82) is 0 Å². The highest BCUT2D eigenvalue weighted by molar-refractivity contribution is 7.11. The van der Waals surface area contributed by atoms with Crippen LogP contribution in [-0.2, 0) is 19.5 Å². The second-order valence-corrected chi connectivity index (χ2v) is 7.10. The van der Waals surface area contributed by atoms with E-state index in [-0.39, 0.29) is 6.03 Å². The van der Waals surface area contributed by atoms with E-state index in [0.29, 0.717) is 13.1 Å². The zero-order valence-corrected chi connectivity index (χ0v) is 15.0. The Kier molecular flexibility index (Phi) is 5.80. The van der Waals surface area contributed by atoms with Gasteiger partial charge < -0.3 is 10.6 Å². The lowest BCUT2D eigenvalue weighted by Crippen LogP contribution is -2.34. The first-order chi connectivity index (χ1) is 12.2. The fourth-order valence-electron chi connectivity index (χ4n) is 2.42. The number of amides is 2. The maximum Gasteiger partial charge on any atom is 0.315 e. The Morgan fingerprint density at radius 1 is 0.960 bits per heavy atom. The van der Waals surface area contributed by atoms with Crippen LogP contribution in [0.15, 0.2) is 60.8 Å². The van der Waals surface area contributed by atoms with Gasteiger partial charge in [-0.3, -0.25) is 0 Å². The molecule has 0 unspecified atom stereocenters. The second-order valence-electron chi connectivity index (χ2n) is 5.90. The predicted molar refractivity (Wildman–Crippen MR) is 102 cm³/mol. The Balaban J connectivity index is 1.45. The largest absolute Gasteiger partial charge is 0.334 e. The Labute approximate surface area is 151 Å². The lowest BCUT2D eigenvalue weighted by atomic mass is 10.1. The second kappa shape index (κ2) is 8.44. The summed E-state index contributed by atoms with van der Waals surface area (Å²) in [5, 5.41) is 6.61. The summed E-state index contributed by atoms with van der Waals surface area (Å²) >= 11 is 1.63. The number of hydrogen-bond acceptors (Lipinski definition) is 3. The van der Waals surface area contributed by atoms with Gasteiger partial charge in [0.15, 0.2) is 0 Å². The number of nitrogens with one attached hydrogen (secondary N) is 2. The van der Waals surface area contributed by atoms with Crippen molar-refractivity contribution in [3.8, 4) is 0 Å². The van der Waals surface area contributed by atoms with E-state index < -0.39 is 0 Å². The van der Waals surface area contributed by atoms with Crippen LogP contribution >= 0.6 is 11.3 Å². The van der Waals surface area contributed by atoms with Crippen LogP contribution in [0, 0.1) is 6.92 Å². The number of nitrogens with zero attached hydrogens (tertiary/aromatic N) is 1. The molecule has 1 heterocycles. The van der Waals surface area contributed by atoms with E-state index in [4.69, 9.17) is 0 Å². The van der Waals surface area contributed by atoms with Crippen molar-refractivity contribution < 1.29 is 4.79 Å². The SMILES string of the molecule is Cc1ccc(Cc2cnc(CNC(=O)NCc3ccccc3)s2)cc1. The van der Waals surface area contributed by atoms with Gasteiger partial charge in [0.05, 0.1) is 6.54 Å². The molecule has 4 nitrogen and oxygen atoms in total. The minimum Gasteiger partial charge on any atom is -0.334 e. The molecule has 0 fully saturated rings. The van der Waals surface area contributed by atoms with Crippen molar-refractivity contribution in [3.05, 3.63) is 87.4 Å². The molecular formula is C20H21N3OS. The average Bonchev–Trinajstić information content (AvgIpc) is 3.08. The van der Waals surface area contributed by atoms with Crippen molar-refractivity contribution in [2.24, 2.45) is 0 Å². The van der Waals surface area contributed by atoms with Gasteiger partial charge in [0.1, 0.15) is 5.01 Å². The van der Waals surface area contributed by atoms with Crippen molar-refractivity contribution in [3.63, 3.8) is 0 Å². The molecule has 128 valence electrons. The van der Waals surface area contributed by atoms with E-state index in [0.717, 1.165) is 17.0 Å². The van der Waals surface area contributed by atoms with Gasteiger partial charge in [-0.1, -0.05) is 60.2 Å². The van der Waals surface area contributed by atoms with Gasteiger partial charge >= 0.3 is 6.03 Å². The molecule has 0 aliphatic heterocycles. The molecule has 0 spiro atoms. The van der Waals surface area contributed by atoms with Crippen molar-refractivity contribution in [1.82, 2.24) is 15.6 Å². The molecule has 5 heteroatoms. The Morgan fingerprint density at radius 3 is 2.44 bits per heavy atom. The predicted octanol–water partition coefficient (Wildman–Crippen LogP) is 4.04. The van der Waals surface area contributed by atoms with Crippen molar-refractivity contribution in [2.45, 2.75) is 26.4 Å². The van der Waals surface area contributed by atoms with Crippen LogP contribution in [0.5, 0.6) is 0 Å². The van der Waals surface area contributed by atoms with Gasteiger partial charge in [0.2, 0.25) is 0 Å². The van der Waals surface area contributed by atoms with E-state index in [1.54, 1.807) is 11.3 Å².